The highest BCUT2D eigenvalue weighted by Gasteiger charge is 2.40. The van der Waals surface area contributed by atoms with E-state index in [2.05, 4.69) is 5.32 Å². The Morgan fingerprint density at radius 1 is 1.03 bits per heavy atom. The molecule has 4 unspecified atom stereocenters. The number of carbonyl (C=O) groups is 5. The van der Waals surface area contributed by atoms with E-state index in [1.54, 1.807) is 0 Å². The molecule has 2 rings (SSSR count). The van der Waals surface area contributed by atoms with E-state index in [-0.39, 0.29) is 25.3 Å². The second-order valence-electron chi connectivity index (χ2n) is 7.57. The average Bonchev–Trinajstić information content (AvgIpc) is 3.32. The van der Waals surface area contributed by atoms with Gasteiger partial charge in [0.05, 0.1) is 6.04 Å². The number of hydrogen-bond acceptors (Lipinski definition) is 6. The molecule has 11 nitrogen and oxygen atoms in total. The summed E-state index contributed by atoms with van der Waals surface area (Å²) in [7, 11) is 0. The summed E-state index contributed by atoms with van der Waals surface area (Å²) in [5, 5.41) is 11.9. The Balaban J connectivity index is 2.14. The van der Waals surface area contributed by atoms with Crippen LogP contribution in [0.1, 0.15) is 45.4 Å². The molecule has 2 aliphatic rings. The fraction of sp³-hybridized carbons (Fsp3) is 0.722. The molecule has 6 N–H and O–H groups in total. The van der Waals surface area contributed by atoms with E-state index >= 15 is 0 Å². The van der Waals surface area contributed by atoms with Gasteiger partial charge in [-0.3, -0.25) is 19.2 Å². The average molecular weight is 411 g/mol. The zero-order chi connectivity index (χ0) is 21.7. The first kappa shape index (κ1) is 22.6. The minimum Gasteiger partial charge on any atom is -0.480 e. The van der Waals surface area contributed by atoms with Crippen LogP contribution < -0.4 is 16.8 Å². The normalized spacial score (nSPS) is 23.5. The van der Waals surface area contributed by atoms with Crippen LogP contribution in [0.3, 0.4) is 0 Å². The first-order chi connectivity index (χ1) is 13.6. The Bertz CT molecular complexity index is 682. The smallest absolute Gasteiger partial charge is 0.326 e. The maximum atomic E-state index is 12.9. The minimum absolute atomic E-state index is 0.0449. The van der Waals surface area contributed by atoms with E-state index in [1.807, 2.05) is 0 Å². The Hall–Kier alpha value is -2.69. The molecule has 0 spiro atoms. The zero-order valence-corrected chi connectivity index (χ0v) is 16.5. The molecule has 29 heavy (non-hydrogen) atoms. The van der Waals surface area contributed by atoms with Gasteiger partial charge >= 0.3 is 5.97 Å². The Labute approximate surface area is 168 Å². The zero-order valence-electron chi connectivity index (χ0n) is 16.5. The van der Waals surface area contributed by atoms with Gasteiger partial charge in [-0.25, -0.2) is 4.79 Å². The maximum Gasteiger partial charge on any atom is 0.326 e. The summed E-state index contributed by atoms with van der Waals surface area (Å²) in [6, 6.07) is -3.57. The highest BCUT2D eigenvalue weighted by Crippen LogP contribution is 2.21. The highest BCUT2D eigenvalue weighted by molar-refractivity contribution is 5.94. The summed E-state index contributed by atoms with van der Waals surface area (Å²) >= 11 is 0. The van der Waals surface area contributed by atoms with Crippen molar-refractivity contribution in [3.63, 3.8) is 0 Å². The van der Waals surface area contributed by atoms with Gasteiger partial charge in [-0.2, -0.15) is 0 Å². The first-order valence-corrected chi connectivity index (χ1v) is 9.81. The molecule has 4 amide bonds. The number of carbonyl (C=O) groups excluding carboxylic acids is 4. The van der Waals surface area contributed by atoms with Gasteiger partial charge in [-0.15, -0.1) is 0 Å². The quantitative estimate of drug-likeness (QED) is 0.362. The van der Waals surface area contributed by atoms with Crippen molar-refractivity contribution >= 4 is 29.6 Å². The molecule has 0 radical (unpaired) electrons. The number of hydrogen-bond donors (Lipinski definition) is 4. The molecule has 0 saturated carbocycles. The van der Waals surface area contributed by atoms with Crippen molar-refractivity contribution in [3.05, 3.63) is 0 Å². The number of aliphatic carboxylic acids is 1. The van der Waals surface area contributed by atoms with Crippen molar-refractivity contribution in [1.82, 2.24) is 15.1 Å². The maximum absolute atomic E-state index is 12.9. The van der Waals surface area contributed by atoms with E-state index in [0.29, 0.717) is 32.2 Å². The number of carboxylic acid groups (broad SMARTS) is 1. The lowest BCUT2D eigenvalue weighted by molar-refractivity contribution is -0.150. The molecule has 2 heterocycles. The Morgan fingerprint density at radius 3 is 2.10 bits per heavy atom. The van der Waals surface area contributed by atoms with Crippen LogP contribution in [0.25, 0.3) is 0 Å². The van der Waals surface area contributed by atoms with Gasteiger partial charge in [0.2, 0.25) is 23.6 Å². The molecule has 162 valence electrons. The van der Waals surface area contributed by atoms with Gasteiger partial charge in [0.25, 0.3) is 0 Å². The molecule has 2 saturated heterocycles. The molecule has 0 aromatic rings. The van der Waals surface area contributed by atoms with Crippen molar-refractivity contribution < 1.29 is 29.1 Å². The monoisotopic (exact) mass is 411 g/mol. The van der Waals surface area contributed by atoms with Gasteiger partial charge in [0.15, 0.2) is 0 Å². The number of carboxylic acids is 1. The topological polar surface area (TPSA) is 176 Å². The summed E-state index contributed by atoms with van der Waals surface area (Å²) in [5.41, 5.74) is 10.8. The number of likely N-dealkylation sites (tertiary alicyclic amines) is 2. The van der Waals surface area contributed by atoms with E-state index in [1.165, 1.54) is 16.7 Å². The molecule has 0 aromatic carbocycles. The van der Waals surface area contributed by atoms with Gasteiger partial charge in [0, 0.05) is 19.5 Å². The SMILES string of the molecule is CC(N)C(=O)N1CCCC1C(=O)NC(CCC(N)=O)C(=O)N1CCCC1C(=O)O. The number of primary amides is 1. The third kappa shape index (κ3) is 5.43. The number of amides is 4. The van der Waals surface area contributed by atoms with Gasteiger partial charge in [0.1, 0.15) is 18.1 Å². The van der Waals surface area contributed by atoms with Crippen molar-refractivity contribution in [2.45, 2.75) is 69.6 Å². The molecular weight excluding hydrogens is 382 g/mol. The third-order valence-electron chi connectivity index (χ3n) is 5.34. The second-order valence-corrected chi connectivity index (χ2v) is 7.57. The van der Waals surface area contributed by atoms with Gasteiger partial charge in [-0.1, -0.05) is 0 Å². The lowest BCUT2D eigenvalue weighted by atomic mass is 10.1. The van der Waals surface area contributed by atoms with Crippen molar-refractivity contribution in [2.75, 3.05) is 13.1 Å². The summed E-state index contributed by atoms with van der Waals surface area (Å²) < 4.78 is 0. The van der Waals surface area contributed by atoms with Gasteiger partial charge in [-0.05, 0) is 39.0 Å². The first-order valence-electron chi connectivity index (χ1n) is 9.81. The Kier molecular flexibility index (Phi) is 7.54. The molecular formula is C18H29N5O6. The predicted octanol–water partition coefficient (Wildman–Crippen LogP) is -1.85. The lowest BCUT2D eigenvalue weighted by Crippen LogP contribution is -2.56. The lowest BCUT2D eigenvalue weighted by Gasteiger charge is -2.30. The van der Waals surface area contributed by atoms with Crippen molar-refractivity contribution in [1.29, 1.82) is 0 Å². The predicted molar refractivity (Wildman–Crippen MR) is 101 cm³/mol. The summed E-state index contributed by atoms with van der Waals surface area (Å²) in [5.74, 6) is -3.19. The molecule has 2 aliphatic heterocycles. The van der Waals surface area contributed by atoms with Crippen LogP contribution in [0.4, 0.5) is 0 Å². The van der Waals surface area contributed by atoms with Crippen LogP contribution in [0.5, 0.6) is 0 Å². The molecule has 0 aliphatic carbocycles. The fourth-order valence-corrected chi connectivity index (χ4v) is 3.86. The standard InChI is InChI=1S/C18H29N5O6/c1-10(19)16(26)22-8-2-4-12(22)15(25)21-11(6-7-14(20)24)17(27)23-9-3-5-13(23)18(28)29/h10-13H,2-9,19H2,1H3,(H2,20,24)(H,21,25)(H,28,29). The van der Waals surface area contributed by atoms with Crippen LogP contribution in [0.15, 0.2) is 0 Å². The van der Waals surface area contributed by atoms with Crippen molar-refractivity contribution in [3.8, 4) is 0 Å². The Morgan fingerprint density at radius 2 is 1.59 bits per heavy atom. The third-order valence-corrected chi connectivity index (χ3v) is 5.34. The number of nitrogens with zero attached hydrogens (tertiary/aromatic N) is 2. The molecule has 11 heteroatoms. The second kappa shape index (κ2) is 9.68. The largest absolute Gasteiger partial charge is 0.480 e. The van der Waals surface area contributed by atoms with E-state index in [0.717, 1.165) is 0 Å². The van der Waals surface area contributed by atoms with Crippen LogP contribution in [-0.2, 0) is 24.0 Å². The van der Waals surface area contributed by atoms with Crippen LogP contribution in [0, 0.1) is 0 Å². The minimum atomic E-state index is -1.11. The number of nitrogens with one attached hydrogen (secondary N) is 1. The highest BCUT2D eigenvalue weighted by atomic mass is 16.4. The molecule has 0 aromatic heterocycles. The molecule has 0 bridgehead atoms. The fourth-order valence-electron chi connectivity index (χ4n) is 3.86. The van der Waals surface area contributed by atoms with Crippen LogP contribution in [-0.4, -0.2) is 81.8 Å². The van der Waals surface area contributed by atoms with E-state index in [9.17, 15) is 29.1 Å². The number of nitrogens with two attached hydrogens (primary N) is 2. The summed E-state index contributed by atoms with van der Waals surface area (Å²) in [4.78, 5) is 63.2. The van der Waals surface area contributed by atoms with E-state index in [4.69, 9.17) is 11.5 Å². The molecule has 4 atom stereocenters. The summed E-state index contributed by atoms with van der Waals surface area (Å²) in [6.07, 6.45) is 1.74. The van der Waals surface area contributed by atoms with Crippen molar-refractivity contribution in [2.24, 2.45) is 11.5 Å². The number of rotatable bonds is 8. The van der Waals surface area contributed by atoms with Crippen LogP contribution in [0.2, 0.25) is 0 Å². The van der Waals surface area contributed by atoms with E-state index < -0.39 is 47.9 Å². The van der Waals surface area contributed by atoms with Crippen LogP contribution >= 0.6 is 0 Å². The molecule has 2 fully saturated rings. The van der Waals surface area contributed by atoms with Gasteiger partial charge < -0.3 is 31.7 Å². The summed E-state index contributed by atoms with van der Waals surface area (Å²) in [6.45, 7) is 2.19.